The Morgan fingerprint density at radius 2 is 2.08 bits per heavy atom. The van der Waals surface area contributed by atoms with Gasteiger partial charge in [0.15, 0.2) is 0 Å². The van der Waals surface area contributed by atoms with Crippen molar-refractivity contribution in [1.29, 1.82) is 0 Å². The molecule has 1 aliphatic heterocycles. The number of benzene rings is 1. The highest BCUT2D eigenvalue weighted by molar-refractivity contribution is 8.19. The largest absolute Gasteiger partial charge is 0.548 e. The summed E-state index contributed by atoms with van der Waals surface area (Å²) >= 11 is 6.03. The summed E-state index contributed by atoms with van der Waals surface area (Å²) in [5, 5.41) is 21.7. The van der Waals surface area contributed by atoms with E-state index in [2.05, 4.69) is 0 Å². The number of carbonyl (C=O) groups is 2. The third kappa shape index (κ3) is 3.62. The monoisotopic (exact) mass is 365 g/mol. The maximum absolute atomic E-state index is 12.2. The van der Waals surface area contributed by atoms with Crippen molar-refractivity contribution < 1.29 is 19.6 Å². The Hall–Kier alpha value is -2.26. The highest BCUT2D eigenvalue weighted by atomic mass is 32.2. The first-order valence-electron chi connectivity index (χ1n) is 6.94. The quantitative estimate of drug-likeness (QED) is 0.341. The molecule has 0 N–H and O–H groups in total. The number of nitro benzene ring substituents is 1. The Balaban J connectivity index is 2.36. The fourth-order valence-electron chi connectivity index (χ4n) is 2.27. The number of nitro groups is 1. The van der Waals surface area contributed by atoms with Crippen LogP contribution in [0.1, 0.15) is 19.4 Å². The van der Waals surface area contributed by atoms with Crippen molar-refractivity contribution in [3.63, 3.8) is 0 Å². The van der Waals surface area contributed by atoms with Crippen molar-refractivity contribution in [1.82, 2.24) is 4.90 Å². The molecule has 0 unspecified atom stereocenters. The van der Waals surface area contributed by atoms with E-state index in [9.17, 15) is 24.8 Å². The van der Waals surface area contributed by atoms with Gasteiger partial charge < -0.3 is 9.90 Å². The molecule has 0 aliphatic carbocycles. The van der Waals surface area contributed by atoms with Gasteiger partial charge in [-0.25, -0.2) is 0 Å². The molecule has 0 bridgehead atoms. The Bertz CT molecular complexity index is 760. The summed E-state index contributed by atoms with van der Waals surface area (Å²) in [6.07, 6.45) is 1.53. The standard InChI is InChI=1S/C15H14N2O5S2/c1-8(2)12(14(18)19)16-13(23)11(24-15(16)20)7-9-4-3-5-10(6-9)17(21)22/h3-8,12H,1-2H3,(H,18,19)/p-1/b11-7-/t12-/m1/s1. The van der Waals surface area contributed by atoms with Crippen LogP contribution < -0.4 is 5.11 Å². The van der Waals surface area contributed by atoms with Crippen molar-refractivity contribution in [2.75, 3.05) is 0 Å². The number of nitrogens with zero attached hydrogens (tertiary/aromatic N) is 2. The number of aliphatic carboxylic acids is 1. The molecular formula is C15H13N2O5S2-. The lowest BCUT2D eigenvalue weighted by Crippen LogP contribution is -2.52. The van der Waals surface area contributed by atoms with E-state index in [4.69, 9.17) is 12.2 Å². The first-order chi connectivity index (χ1) is 11.2. The molecule has 126 valence electrons. The lowest BCUT2D eigenvalue weighted by atomic mass is 10.0. The predicted octanol–water partition coefficient (Wildman–Crippen LogP) is 2.21. The topological polar surface area (TPSA) is 104 Å². The summed E-state index contributed by atoms with van der Waals surface area (Å²) in [7, 11) is 0. The molecule has 1 atom stereocenters. The van der Waals surface area contributed by atoms with Crippen LogP contribution in [0.25, 0.3) is 6.08 Å². The van der Waals surface area contributed by atoms with Gasteiger partial charge in [-0.2, -0.15) is 0 Å². The number of amides is 1. The van der Waals surface area contributed by atoms with E-state index in [0.717, 1.165) is 16.7 Å². The van der Waals surface area contributed by atoms with Crippen molar-refractivity contribution in [3.05, 3.63) is 44.8 Å². The average molecular weight is 365 g/mol. The number of hydrogen-bond acceptors (Lipinski definition) is 7. The van der Waals surface area contributed by atoms with Crippen LogP contribution in [0, 0.1) is 16.0 Å². The molecule has 1 saturated heterocycles. The van der Waals surface area contributed by atoms with Crippen LogP contribution in [0.4, 0.5) is 10.5 Å². The molecule has 9 heteroatoms. The van der Waals surface area contributed by atoms with E-state index in [0.29, 0.717) is 10.5 Å². The van der Waals surface area contributed by atoms with Gasteiger partial charge in [-0.1, -0.05) is 38.2 Å². The van der Waals surface area contributed by atoms with Gasteiger partial charge in [0.05, 0.1) is 21.8 Å². The van der Waals surface area contributed by atoms with E-state index in [1.165, 1.54) is 24.3 Å². The van der Waals surface area contributed by atoms with Gasteiger partial charge in [-0.3, -0.25) is 19.8 Å². The molecule has 24 heavy (non-hydrogen) atoms. The zero-order valence-corrected chi connectivity index (χ0v) is 14.4. The number of thiocarbonyl (C=S) groups is 1. The third-order valence-corrected chi connectivity index (χ3v) is 4.80. The van der Waals surface area contributed by atoms with Crippen LogP contribution in [0.5, 0.6) is 0 Å². The number of rotatable bonds is 5. The van der Waals surface area contributed by atoms with Gasteiger partial charge in [-0.05, 0) is 29.3 Å². The Morgan fingerprint density at radius 1 is 1.42 bits per heavy atom. The maximum Gasteiger partial charge on any atom is 0.292 e. The average Bonchev–Trinajstić information content (AvgIpc) is 2.75. The van der Waals surface area contributed by atoms with E-state index in [1.54, 1.807) is 19.9 Å². The number of carboxylic acids is 1. The normalized spacial score (nSPS) is 17.6. The van der Waals surface area contributed by atoms with E-state index < -0.39 is 22.2 Å². The Kier molecular flexibility index (Phi) is 5.35. The van der Waals surface area contributed by atoms with Crippen LogP contribution in [0.2, 0.25) is 0 Å². The Morgan fingerprint density at radius 3 is 2.62 bits per heavy atom. The fraction of sp³-hybridized carbons (Fsp3) is 0.267. The molecule has 1 aliphatic rings. The van der Waals surface area contributed by atoms with Crippen LogP contribution in [-0.2, 0) is 4.79 Å². The molecule has 1 aromatic rings. The minimum atomic E-state index is -1.38. The van der Waals surface area contributed by atoms with Crippen LogP contribution in [0.15, 0.2) is 29.2 Å². The number of non-ortho nitro benzene ring substituents is 1. The second kappa shape index (κ2) is 7.10. The highest BCUT2D eigenvalue weighted by Crippen LogP contribution is 2.36. The minimum absolute atomic E-state index is 0.0828. The van der Waals surface area contributed by atoms with Crippen molar-refractivity contribution in [2.24, 2.45) is 5.92 Å². The molecule has 7 nitrogen and oxygen atoms in total. The van der Waals surface area contributed by atoms with Gasteiger partial charge in [-0.15, -0.1) is 0 Å². The summed E-state index contributed by atoms with van der Waals surface area (Å²) in [5.74, 6) is -1.76. The lowest BCUT2D eigenvalue weighted by Gasteiger charge is -2.30. The van der Waals surface area contributed by atoms with E-state index in [1.807, 2.05) is 0 Å². The molecule has 1 amide bonds. The minimum Gasteiger partial charge on any atom is -0.548 e. The first-order valence-corrected chi connectivity index (χ1v) is 8.17. The van der Waals surface area contributed by atoms with Crippen LogP contribution in [0.3, 0.4) is 0 Å². The van der Waals surface area contributed by atoms with Crippen LogP contribution in [-0.4, -0.2) is 32.1 Å². The number of thioether (sulfide) groups is 1. The maximum atomic E-state index is 12.2. The molecule has 1 fully saturated rings. The van der Waals surface area contributed by atoms with Gasteiger partial charge in [0.2, 0.25) is 0 Å². The van der Waals surface area contributed by atoms with Gasteiger partial charge in [0.25, 0.3) is 10.9 Å². The zero-order valence-electron chi connectivity index (χ0n) is 12.8. The molecule has 2 rings (SSSR count). The smallest absolute Gasteiger partial charge is 0.292 e. The Labute approximate surface area is 147 Å². The summed E-state index contributed by atoms with van der Waals surface area (Å²) in [6.45, 7) is 3.31. The molecule has 0 spiro atoms. The van der Waals surface area contributed by atoms with Crippen molar-refractivity contribution in [3.8, 4) is 0 Å². The first kappa shape index (κ1) is 18.1. The number of hydrogen-bond donors (Lipinski definition) is 0. The van der Waals surface area contributed by atoms with Crippen molar-refractivity contribution >= 4 is 51.9 Å². The molecule has 0 saturated carbocycles. The third-order valence-electron chi connectivity index (χ3n) is 3.35. The van der Waals surface area contributed by atoms with Gasteiger partial charge in [0, 0.05) is 12.1 Å². The van der Waals surface area contributed by atoms with E-state index in [-0.39, 0.29) is 16.6 Å². The molecule has 0 aromatic heterocycles. The second-order valence-corrected chi connectivity index (χ2v) is 6.79. The molecule has 1 heterocycles. The number of carboxylic acid groups (broad SMARTS) is 1. The molecule has 0 radical (unpaired) electrons. The van der Waals surface area contributed by atoms with Gasteiger partial charge >= 0.3 is 0 Å². The van der Waals surface area contributed by atoms with E-state index >= 15 is 0 Å². The summed E-state index contributed by atoms with van der Waals surface area (Å²) in [6, 6.07) is 4.69. The van der Waals surface area contributed by atoms with Crippen molar-refractivity contribution in [2.45, 2.75) is 19.9 Å². The van der Waals surface area contributed by atoms with Gasteiger partial charge in [0.1, 0.15) is 4.99 Å². The fourth-order valence-corrected chi connectivity index (χ4v) is 3.59. The number of carbonyl (C=O) groups excluding carboxylic acids is 2. The predicted molar refractivity (Wildman–Crippen MR) is 92.1 cm³/mol. The van der Waals surface area contributed by atoms with Crippen LogP contribution >= 0.6 is 24.0 Å². The summed E-state index contributed by atoms with van der Waals surface area (Å²) in [4.78, 5) is 35.3. The lowest BCUT2D eigenvalue weighted by molar-refractivity contribution is -0.384. The molecular weight excluding hydrogens is 352 g/mol. The summed E-state index contributed by atoms with van der Waals surface area (Å²) in [5.41, 5.74) is 0.412. The summed E-state index contributed by atoms with van der Waals surface area (Å²) < 4.78 is 0. The second-order valence-electron chi connectivity index (χ2n) is 5.41. The molecule has 1 aromatic carbocycles. The SMILES string of the molecule is CC(C)[C@H](C(=O)[O-])N1C(=O)S/C(=C\c2cccc([N+](=O)[O-])c2)C1=S. The highest BCUT2D eigenvalue weighted by Gasteiger charge is 2.38. The zero-order chi connectivity index (χ0) is 18.0.